The van der Waals surface area contributed by atoms with E-state index in [1.54, 1.807) is 6.07 Å². The molecular formula is C15H18N2O4. The molecule has 0 radical (unpaired) electrons. The van der Waals surface area contributed by atoms with Crippen molar-refractivity contribution in [3.05, 3.63) is 33.9 Å². The van der Waals surface area contributed by atoms with E-state index in [2.05, 4.69) is 4.90 Å². The largest absolute Gasteiger partial charge is 0.477 e. The average molecular weight is 290 g/mol. The number of nitro benzene ring substituents is 1. The van der Waals surface area contributed by atoms with Crippen LogP contribution in [0.5, 0.6) is 0 Å². The topological polar surface area (TPSA) is 83.7 Å². The Balaban J connectivity index is 1.88. The van der Waals surface area contributed by atoms with E-state index >= 15 is 0 Å². The van der Waals surface area contributed by atoms with Crippen LogP contribution in [0.25, 0.3) is 0 Å². The Kier molecular flexibility index (Phi) is 3.53. The maximum Gasteiger partial charge on any atom is 0.342 e. The summed E-state index contributed by atoms with van der Waals surface area (Å²) >= 11 is 0. The molecule has 0 aromatic heterocycles. The van der Waals surface area contributed by atoms with Gasteiger partial charge in [0.05, 0.1) is 4.92 Å². The molecule has 0 unspecified atom stereocenters. The van der Waals surface area contributed by atoms with Gasteiger partial charge in [-0.25, -0.2) is 4.79 Å². The molecule has 2 saturated carbocycles. The number of benzene rings is 1. The Morgan fingerprint density at radius 3 is 2.24 bits per heavy atom. The SMILES string of the molecule is O=C(O)c1cc(N(CC2CC2)CC2CC2)ccc1[N+](=O)[O-]. The molecule has 2 aliphatic rings. The summed E-state index contributed by atoms with van der Waals surface area (Å²) in [6.45, 7) is 1.85. The lowest BCUT2D eigenvalue weighted by Gasteiger charge is -2.25. The fourth-order valence-electron chi connectivity index (χ4n) is 2.56. The molecule has 3 rings (SSSR count). The minimum absolute atomic E-state index is 0.228. The molecule has 1 N–H and O–H groups in total. The van der Waals surface area contributed by atoms with Crippen LogP contribution in [-0.4, -0.2) is 29.1 Å². The zero-order valence-corrected chi connectivity index (χ0v) is 11.7. The Bertz CT molecular complexity index is 565. The number of carbonyl (C=O) groups is 1. The van der Waals surface area contributed by atoms with Gasteiger partial charge in [-0.15, -0.1) is 0 Å². The van der Waals surface area contributed by atoms with E-state index in [1.807, 2.05) is 0 Å². The van der Waals surface area contributed by atoms with Crippen molar-refractivity contribution in [1.29, 1.82) is 0 Å². The highest BCUT2D eigenvalue weighted by Gasteiger charge is 2.30. The minimum Gasteiger partial charge on any atom is -0.477 e. The van der Waals surface area contributed by atoms with Crippen molar-refractivity contribution >= 4 is 17.3 Å². The van der Waals surface area contributed by atoms with Crippen molar-refractivity contribution in [3.63, 3.8) is 0 Å². The van der Waals surface area contributed by atoms with E-state index < -0.39 is 10.9 Å². The second-order valence-corrected chi connectivity index (χ2v) is 6.06. The number of carboxylic acid groups (broad SMARTS) is 1. The lowest BCUT2D eigenvalue weighted by molar-refractivity contribution is -0.385. The lowest BCUT2D eigenvalue weighted by atomic mass is 10.1. The zero-order valence-electron chi connectivity index (χ0n) is 11.7. The molecule has 0 saturated heterocycles. The molecule has 112 valence electrons. The maximum atomic E-state index is 11.2. The fourth-order valence-corrected chi connectivity index (χ4v) is 2.56. The maximum absolute atomic E-state index is 11.2. The molecule has 0 bridgehead atoms. The lowest BCUT2D eigenvalue weighted by Crippen LogP contribution is -2.28. The highest BCUT2D eigenvalue weighted by Crippen LogP contribution is 2.36. The molecule has 1 aromatic carbocycles. The number of nitrogens with zero attached hydrogens (tertiary/aromatic N) is 2. The van der Waals surface area contributed by atoms with E-state index in [-0.39, 0.29) is 11.3 Å². The first-order chi connectivity index (χ1) is 10.0. The molecule has 0 spiro atoms. The van der Waals surface area contributed by atoms with Gasteiger partial charge in [0, 0.05) is 24.8 Å². The van der Waals surface area contributed by atoms with Gasteiger partial charge in [-0.1, -0.05) is 0 Å². The summed E-state index contributed by atoms with van der Waals surface area (Å²) in [7, 11) is 0. The molecule has 0 aliphatic heterocycles. The molecule has 0 atom stereocenters. The summed E-state index contributed by atoms with van der Waals surface area (Å²) in [5, 5.41) is 20.1. The van der Waals surface area contributed by atoms with Gasteiger partial charge in [-0.2, -0.15) is 0 Å². The van der Waals surface area contributed by atoms with Gasteiger partial charge < -0.3 is 10.0 Å². The highest BCUT2D eigenvalue weighted by molar-refractivity contribution is 5.93. The van der Waals surface area contributed by atoms with Gasteiger partial charge in [0.25, 0.3) is 5.69 Å². The molecule has 2 fully saturated rings. The van der Waals surface area contributed by atoms with Crippen LogP contribution in [0.4, 0.5) is 11.4 Å². The number of rotatable bonds is 7. The first-order valence-corrected chi connectivity index (χ1v) is 7.31. The van der Waals surface area contributed by atoms with Crippen molar-refractivity contribution in [2.24, 2.45) is 11.8 Å². The van der Waals surface area contributed by atoms with Gasteiger partial charge in [0.2, 0.25) is 0 Å². The molecule has 6 heteroatoms. The van der Waals surface area contributed by atoms with Crippen molar-refractivity contribution in [2.75, 3.05) is 18.0 Å². The monoisotopic (exact) mass is 290 g/mol. The smallest absolute Gasteiger partial charge is 0.342 e. The van der Waals surface area contributed by atoms with Crippen molar-refractivity contribution < 1.29 is 14.8 Å². The van der Waals surface area contributed by atoms with Crippen LogP contribution in [0.15, 0.2) is 18.2 Å². The van der Waals surface area contributed by atoms with Crippen molar-refractivity contribution in [2.45, 2.75) is 25.7 Å². The quantitative estimate of drug-likeness (QED) is 0.616. The summed E-state index contributed by atoms with van der Waals surface area (Å²) in [5.74, 6) is 0.126. The third-order valence-electron chi connectivity index (χ3n) is 4.12. The van der Waals surface area contributed by atoms with Gasteiger partial charge in [0.15, 0.2) is 0 Å². The molecule has 21 heavy (non-hydrogen) atoms. The summed E-state index contributed by atoms with van der Waals surface area (Å²) in [6.07, 6.45) is 4.89. The number of carboxylic acids is 1. The molecule has 1 aromatic rings. The minimum atomic E-state index is -1.25. The summed E-state index contributed by atoms with van der Waals surface area (Å²) < 4.78 is 0. The first-order valence-electron chi connectivity index (χ1n) is 7.31. The molecular weight excluding hydrogens is 272 g/mol. The molecule has 6 nitrogen and oxygen atoms in total. The second kappa shape index (κ2) is 5.35. The van der Waals surface area contributed by atoms with E-state index in [0.717, 1.165) is 18.8 Å². The predicted molar refractivity (Wildman–Crippen MR) is 77.7 cm³/mol. The van der Waals surface area contributed by atoms with Crippen molar-refractivity contribution in [1.82, 2.24) is 0 Å². The van der Waals surface area contributed by atoms with Crippen LogP contribution in [0.1, 0.15) is 36.0 Å². The number of nitro groups is 1. The number of hydrogen-bond donors (Lipinski definition) is 1. The highest BCUT2D eigenvalue weighted by atomic mass is 16.6. The van der Waals surface area contributed by atoms with Crippen LogP contribution in [0, 0.1) is 22.0 Å². The molecule has 0 amide bonds. The summed E-state index contributed by atoms with van der Waals surface area (Å²) in [6, 6.07) is 4.44. The molecule has 2 aliphatic carbocycles. The van der Waals surface area contributed by atoms with E-state index in [9.17, 15) is 20.0 Å². The van der Waals surface area contributed by atoms with Crippen LogP contribution in [0.2, 0.25) is 0 Å². The molecule has 0 heterocycles. The van der Waals surface area contributed by atoms with Crippen LogP contribution in [0.3, 0.4) is 0 Å². The summed E-state index contributed by atoms with van der Waals surface area (Å²) in [4.78, 5) is 23.7. The van der Waals surface area contributed by atoms with E-state index in [1.165, 1.54) is 37.8 Å². The standard InChI is InChI=1S/C15H18N2O4/c18-15(19)13-7-12(5-6-14(13)17(20)21)16(8-10-1-2-10)9-11-3-4-11/h5-7,10-11H,1-4,8-9H2,(H,18,19). The second-order valence-electron chi connectivity index (χ2n) is 6.06. The van der Waals surface area contributed by atoms with Gasteiger partial charge in [0.1, 0.15) is 5.56 Å². The van der Waals surface area contributed by atoms with E-state index in [4.69, 9.17) is 0 Å². The van der Waals surface area contributed by atoms with Gasteiger partial charge in [-0.05, 0) is 49.7 Å². The van der Waals surface area contributed by atoms with Crippen LogP contribution in [-0.2, 0) is 0 Å². The summed E-state index contributed by atoms with van der Waals surface area (Å²) in [5.41, 5.74) is 0.218. The Morgan fingerprint density at radius 2 is 1.81 bits per heavy atom. The number of hydrogen-bond acceptors (Lipinski definition) is 4. The third-order valence-corrected chi connectivity index (χ3v) is 4.12. The third kappa shape index (κ3) is 3.32. The van der Waals surface area contributed by atoms with Gasteiger partial charge >= 0.3 is 5.97 Å². The van der Waals surface area contributed by atoms with Crippen LogP contribution < -0.4 is 4.90 Å². The van der Waals surface area contributed by atoms with Crippen LogP contribution >= 0.6 is 0 Å². The van der Waals surface area contributed by atoms with Gasteiger partial charge in [-0.3, -0.25) is 10.1 Å². The average Bonchev–Trinajstić information content (AvgIpc) is 3.32. The predicted octanol–water partition coefficient (Wildman–Crippen LogP) is 2.92. The Hall–Kier alpha value is -2.11. The number of anilines is 1. The number of aromatic carboxylic acids is 1. The Labute approximate surface area is 122 Å². The first kappa shape index (κ1) is 13.9. The fraction of sp³-hybridized carbons (Fsp3) is 0.533. The normalized spacial score (nSPS) is 17.5. The van der Waals surface area contributed by atoms with E-state index in [0.29, 0.717) is 11.8 Å². The van der Waals surface area contributed by atoms with Crippen molar-refractivity contribution in [3.8, 4) is 0 Å². The Morgan fingerprint density at radius 1 is 1.24 bits per heavy atom. The zero-order chi connectivity index (χ0) is 15.0.